The van der Waals surface area contributed by atoms with E-state index in [0.29, 0.717) is 31.4 Å². The predicted molar refractivity (Wildman–Crippen MR) is 115 cm³/mol. The van der Waals surface area contributed by atoms with Gasteiger partial charge < -0.3 is 16.0 Å². The molecule has 148 valence electrons. The lowest BCUT2D eigenvalue weighted by Crippen LogP contribution is -2.25. The summed E-state index contributed by atoms with van der Waals surface area (Å²) in [6, 6.07) is 16.5. The minimum Gasteiger partial charge on any atom is -0.370 e. The lowest BCUT2D eigenvalue weighted by Gasteiger charge is -2.17. The van der Waals surface area contributed by atoms with Crippen LogP contribution in [-0.2, 0) is 17.9 Å². The fourth-order valence-corrected chi connectivity index (χ4v) is 3.43. The number of hydrogen-bond donors (Lipinski definition) is 2. The number of likely N-dealkylation sites (tertiary alicyclic amines) is 1. The first-order chi connectivity index (χ1) is 13.6. The van der Waals surface area contributed by atoms with Crippen LogP contribution in [0.4, 0.5) is 5.69 Å². The number of nitrogens with zero attached hydrogens (tertiary/aromatic N) is 2. The molecule has 5 heteroatoms. The van der Waals surface area contributed by atoms with Crippen molar-refractivity contribution in [3.8, 4) is 0 Å². The molecule has 3 rings (SSSR count). The van der Waals surface area contributed by atoms with Crippen molar-refractivity contribution in [1.82, 2.24) is 4.90 Å². The summed E-state index contributed by atoms with van der Waals surface area (Å²) in [4.78, 5) is 18.3. The Morgan fingerprint density at radius 1 is 1.18 bits per heavy atom. The van der Waals surface area contributed by atoms with E-state index in [2.05, 4.69) is 42.4 Å². The monoisotopic (exact) mass is 378 g/mol. The summed E-state index contributed by atoms with van der Waals surface area (Å²) in [6.45, 7) is 6.40. The van der Waals surface area contributed by atoms with Crippen molar-refractivity contribution < 1.29 is 4.79 Å². The zero-order valence-electron chi connectivity index (χ0n) is 16.8. The summed E-state index contributed by atoms with van der Waals surface area (Å²) in [6.07, 6.45) is 2.73. The quantitative estimate of drug-likeness (QED) is 0.559. The molecular weight excluding hydrogens is 348 g/mol. The third-order valence-electron chi connectivity index (χ3n) is 5.44. The highest BCUT2D eigenvalue weighted by Gasteiger charge is 2.20. The Labute approximate surface area is 167 Å². The van der Waals surface area contributed by atoms with Crippen LogP contribution < -0.4 is 11.1 Å². The molecule has 2 aromatic carbocycles. The average Bonchev–Trinajstić information content (AvgIpc) is 3.12. The summed E-state index contributed by atoms with van der Waals surface area (Å²) in [5.41, 5.74) is 10.6. The zero-order chi connectivity index (χ0) is 19.9. The number of guanidine groups is 1. The summed E-state index contributed by atoms with van der Waals surface area (Å²) in [5, 5.41) is 3.16. The molecule has 1 heterocycles. The van der Waals surface area contributed by atoms with E-state index >= 15 is 0 Å². The van der Waals surface area contributed by atoms with E-state index < -0.39 is 0 Å². The lowest BCUT2D eigenvalue weighted by molar-refractivity contribution is -0.128. The van der Waals surface area contributed by atoms with Crippen LogP contribution in [0.15, 0.2) is 53.5 Å². The van der Waals surface area contributed by atoms with Gasteiger partial charge >= 0.3 is 0 Å². The van der Waals surface area contributed by atoms with Crippen LogP contribution in [0.3, 0.4) is 0 Å². The van der Waals surface area contributed by atoms with Crippen molar-refractivity contribution in [2.45, 2.75) is 52.1 Å². The van der Waals surface area contributed by atoms with Gasteiger partial charge in [0.1, 0.15) is 0 Å². The van der Waals surface area contributed by atoms with Crippen molar-refractivity contribution >= 4 is 17.6 Å². The fraction of sp³-hybridized carbons (Fsp3) is 0.391. The molecule has 1 atom stereocenters. The third-order valence-corrected chi connectivity index (χ3v) is 5.44. The van der Waals surface area contributed by atoms with E-state index in [1.54, 1.807) is 0 Å². The van der Waals surface area contributed by atoms with Crippen LogP contribution >= 0.6 is 0 Å². The molecule has 1 unspecified atom stereocenters. The Balaban J connectivity index is 1.62. The van der Waals surface area contributed by atoms with Gasteiger partial charge in [0.2, 0.25) is 5.91 Å². The van der Waals surface area contributed by atoms with E-state index in [0.717, 1.165) is 36.2 Å². The van der Waals surface area contributed by atoms with Crippen molar-refractivity contribution in [2.24, 2.45) is 10.7 Å². The number of nitrogens with one attached hydrogen (secondary N) is 1. The number of nitrogens with two attached hydrogens (primary N) is 1. The SMILES string of the molecule is CCC(C)c1ccc(NC(N)=NCc2ccccc2CN2CCCC2=O)cc1. The van der Waals surface area contributed by atoms with Crippen LogP contribution in [0.1, 0.15) is 55.7 Å². The maximum atomic E-state index is 11.9. The normalized spacial score (nSPS) is 15.7. The maximum Gasteiger partial charge on any atom is 0.222 e. The van der Waals surface area contributed by atoms with E-state index in [1.807, 2.05) is 35.2 Å². The number of carbonyl (C=O) groups is 1. The van der Waals surface area contributed by atoms with Crippen LogP contribution in [0.25, 0.3) is 0 Å². The molecule has 1 saturated heterocycles. The minimum absolute atomic E-state index is 0.236. The molecule has 0 saturated carbocycles. The van der Waals surface area contributed by atoms with Gasteiger partial charge in [0, 0.05) is 25.2 Å². The summed E-state index contributed by atoms with van der Waals surface area (Å²) in [7, 11) is 0. The molecule has 2 aromatic rings. The van der Waals surface area contributed by atoms with Crippen molar-refractivity contribution in [1.29, 1.82) is 0 Å². The molecule has 28 heavy (non-hydrogen) atoms. The molecular formula is C23H30N4O. The molecule has 0 spiro atoms. The molecule has 1 aliphatic rings. The molecule has 0 aromatic heterocycles. The molecule has 0 aliphatic carbocycles. The average molecular weight is 379 g/mol. The highest BCUT2D eigenvalue weighted by Crippen LogP contribution is 2.21. The molecule has 1 amide bonds. The van der Waals surface area contributed by atoms with Crippen LogP contribution in [0.5, 0.6) is 0 Å². The topological polar surface area (TPSA) is 70.7 Å². The highest BCUT2D eigenvalue weighted by atomic mass is 16.2. The second-order valence-electron chi connectivity index (χ2n) is 7.45. The van der Waals surface area contributed by atoms with E-state index in [4.69, 9.17) is 5.73 Å². The zero-order valence-corrected chi connectivity index (χ0v) is 16.8. The fourth-order valence-electron chi connectivity index (χ4n) is 3.43. The first-order valence-corrected chi connectivity index (χ1v) is 10.1. The van der Waals surface area contributed by atoms with Crippen molar-refractivity contribution in [3.63, 3.8) is 0 Å². The van der Waals surface area contributed by atoms with Crippen LogP contribution in [0, 0.1) is 0 Å². The first kappa shape index (κ1) is 19.9. The van der Waals surface area contributed by atoms with Gasteiger partial charge in [-0.05, 0) is 47.6 Å². The number of hydrogen-bond acceptors (Lipinski definition) is 2. The second-order valence-corrected chi connectivity index (χ2v) is 7.45. The Morgan fingerprint density at radius 3 is 2.54 bits per heavy atom. The Kier molecular flexibility index (Phi) is 6.69. The molecule has 1 aliphatic heterocycles. The van der Waals surface area contributed by atoms with Crippen LogP contribution in [-0.4, -0.2) is 23.3 Å². The number of carbonyl (C=O) groups excluding carboxylic acids is 1. The van der Waals surface area contributed by atoms with Gasteiger partial charge in [-0.1, -0.05) is 50.2 Å². The Hall–Kier alpha value is -2.82. The smallest absolute Gasteiger partial charge is 0.222 e. The van der Waals surface area contributed by atoms with Crippen LogP contribution in [0.2, 0.25) is 0 Å². The number of rotatable bonds is 7. The third kappa shape index (κ3) is 5.12. The number of anilines is 1. The highest BCUT2D eigenvalue weighted by molar-refractivity contribution is 5.92. The van der Waals surface area contributed by atoms with Gasteiger partial charge in [0.05, 0.1) is 6.54 Å². The Morgan fingerprint density at radius 2 is 1.89 bits per heavy atom. The molecule has 0 radical (unpaired) electrons. The molecule has 0 bridgehead atoms. The van der Waals surface area contributed by atoms with Gasteiger partial charge in [-0.2, -0.15) is 0 Å². The van der Waals surface area contributed by atoms with E-state index in [1.165, 1.54) is 5.56 Å². The number of benzene rings is 2. The minimum atomic E-state index is 0.236. The number of aliphatic imine (C=N–C) groups is 1. The van der Waals surface area contributed by atoms with E-state index in [9.17, 15) is 4.79 Å². The van der Waals surface area contributed by atoms with Gasteiger partial charge in [0.15, 0.2) is 5.96 Å². The largest absolute Gasteiger partial charge is 0.370 e. The molecule has 5 nitrogen and oxygen atoms in total. The summed E-state index contributed by atoms with van der Waals surface area (Å²) < 4.78 is 0. The van der Waals surface area contributed by atoms with Crippen molar-refractivity contribution in [2.75, 3.05) is 11.9 Å². The molecule has 1 fully saturated rings. The first-order valence-electron chi connectivity index (χ1n) is 10.1. The standard InChI is InChI=1S/C23H30N4O/c1-3-17(2)18-10-12-21(13-11-18)26-23(24)25-15-19-7-4-5-8-20(19)16-27-14-6-9-22(27)28/h4-5,7-8,10-13,17H,3,6,9,14-16H2,1-2H3,(H3,24,25,26). The maximum absolute atomic E-state index is 11.9. The van der Waals surface area contributed by atoms with Gasteiger partial charge in [0.25, 0.3) is 0 Å². The Bertz CT molecular complexity index is 829. The van der Waals surface area contributed by atoms with Gasteiger partial charge in [-0.15, -0.1) is 0 Å². The molecule has 3 N–H and O–H groups in total. The van der Waals surface area contributed by atoms with Gasteiger partial charge in [-0.3, -0.25) is 4.79 Å². The second kappa shape index (κ2) is 9.40. The summed E-state index contributed by atoms with van der Waals surface area (Å²) in [5.74, 6) is 1.18. The van der Waals surface area contributed by atoms with E-state index in [-0.39, 0.29) is 5.91 Å². The summed E-state index contributed by atoms with van der Waals surface area (Å²) >= 11 is 0. The lowest BCUT2D eigenvalue weighted by atomic mass is 9.99. The number of amides is 1. The predicted octanol–water partition coefficient (Wildman–Crippen LogP) is 4.25. The van der Waals surface area contributed by atoms with Crippen molar-refractivity contribution in [3.05, 3.63) is 65.2 Å². The van der Waals surface area contributed by atoms with Gasteiger partial charge in [-0.25, -0.2) is 4.99 Å².